The van der Waals surface area contributed by atoms with Gasteiger partial charge in [0, 0.05) is 19.4 Å². The summed E-state index contributed by atoms with van der Waals surface area (Å²) in [7, 11) is 0. The van der Waals surface area contributed by atoms with Crippen LogP contribution >= 0.6 is 0 Å². The minimum atomic E-state index is -0.119. The smallest absolute Gasteiger partial charge is 0.305 e. The van der Waals surface area contributed by atoms with Crippen LogP contribution in [0, 0.1) is 0 Å². The first-order valence-corrected chi connectivity index (χ1v) is 7.57. The van der Waals surface area contributed by atoms with Gasteiger partial charge in [0.25, 0.3) is 0 Å². The molecule has 0 aliphatic carbocycles. The summed E-state index contributed by atoms with van der Waals surface area (Å²) in [4.78, 5) is 11.2. The number of carbonyl (C=O) groups excluding carboxylic acids is 1. The largest absolute Gasteiger partial charge is 0.466 e. The van der Waals surface area contributed by atoms with Crippen molar-refractivity contribution in [3.63, 3.8) is 0 Å². The third kappa shape index (κ3) is 13.5. The highest BCUT2D eigenvalue weighted by Crippen LogP contribution is 2.10. The van der Waals surface area contributed by atoms with Crippen LogP contribution in [0.5, 0.6) is 0 Å². The van der Waals surface area contributed by atoms with E-state index in [1.54, 1.807) is 0 Å². The van der Waals surface area contributed by atoms with Crippen molar-refractivity contribution >= 4 is 5.97 Å². The molecule has 3 nitrogen and oxygen atoms in total. The van der Waals surface area contributed by atoms with E-state index in [0.29, 0.717) is 19.4 Å². The maximum Gasteiger partial charge on any atom is 0.305 e. The number of rotatable bonds is 13. The molecule has 0 saturated heterocycles. The Morgan fingerprint density at radius 1 is 0.889 bits per heavy atom. The van der Waals surface area contributed by atoms with Crippen LogP contribution in [0.1, 0.15) is 77.6 Å². The molecule has 108 valence electrons. The Labute approximate surface area is 112 Å². The molecule has 0 aromatic rings. The van der Waals surface area contributed by atoms with Gasteiger partial charge in [-0.3, -0.25) is 4.79 Å². The third-order valence-electron chi connectivity index (χ3n) is 3.05. The zero-order valence-electron chi connectivity index (χ0n) is 12.0. The van der Waals surface area contributed by atoms with E-state index in [1.165, 1.54) is 44.9 Å². The third-order valence-corrected chi connectivity index (χ3v) is 3.05. The molecule has 0 aliphatic rings. The molecule has 0 aromatic heterocycles. The summed E-state index contributed by atoms with van der Waals surface area (Å²) in [5, 5.41) is 8.54. The summed E-state index contributed by atoms with van der Waals surface area (Å²) in [5.74, 6) is -0.119. The molecule has 0 bridgehead atoms. The molecular formula is C15H30O3. The highest BCUT2D eigenvalue weighted by Gasteiger charge is 2.01. The van der Waals surface area contributed by atoms with E-state index < -0.39 is 0 Å². The van der Waals surface area contributed by atoms with E-state index in [-0.39, 0.29) is 12.6 Å². The van der Waals surface area contributed by atoms with Crippen molar-refractivity contribution in [2.45, 2.75) is 77.6 Å². The second kappa shape index (κ2) is 14.5. The maximum atomic E-state index is 11.2. The molecule has 0 spiro atoms. The molecule has 3 heteroatoms. The first-order chi connectivity index (χ1) is 8.81. The van der Waals surface area contributed by atoms with Crippen molar-refractivity contribution in [1.82, 2.24) is 0 Å². The van der Waals surface area contributed by atoms with Gasteiger partial charge in [0.2, 0.25) is 0 Å². The van der Waals surface area contributed by atoms with Crippen LogP contribution in [0.15, 0.2) is 0 Å². The Bertz CT molecular complexity index is 181. The summed E-state index contributed by atoms with van der Waals surface area (Å²) >= 11 is 0. The minimum absolute atomic E-state index is 0.0886. The Morgan fingerprint density at radius 3 is 2.00 bits per heavy atom. The number of hydrogen-bond acceptors (Lipinski definition) is 3. The van der Waals surface area contributed by atoms with Gasteiger partial charge in [0.15, 0.2) is 0 Å². The van der Waals surface area contributed by atoms with Gasteiger partial charge in [0.1, 0.15) is 0 Å². The SMILES string of the molecule is CCCCCCCCCCCC(=O)OCCCO. The van der Waals surface area contributed by atoms with Gasteiger partial charge in [-0.05, 0) is 6.42 Å². The van der Waals surface area contributed by atoms with E-state index in [9.17, 15) is 4.79 Å². The highest BCUT2D eigenvalue weighted by atomic mass is 16.5. The van der Waals surface area contributed by atoms with Crippen molar-refractivity contribution in [3.8, 4) is 0 Å². The van der Waals surface area contributed by atoms with Crippen molar-refractivity contribution in [2.75, 3.05) is 13.2 Å². The fourth-order valence-corrected chi connectivity index (χ4v) is 1.90. The van der Waals surface area contributed by atoms with Crippen LogP contribution in [0.4, 0.5) is 0 Å². The monoisotopic (exact) mass is 258 g/mol. The number of aliphatic hydroxyl groups is 1. The summed E-state index contributed by atoms with van der Waals surface area (Å²) in [6.45, 7) is 2.68. The van der Waals surface area contributed by atoms with E-state index in [2.05, 4.69) is 6.92 Å². The predicted molar refractivity (Wildman–Crippen MR) is 74.5 cm³/mol. The first kappa shape index (κ1) is 17.4. The number of ether oxygens (including phenoxy) is 1. The van der Waals surface area contributed by atoms with Gasteiger partial charge in [0.05, 0.1) is 6.61 Å². The lowest BCUT2D eigenvalue weighted by molar-refractivity contribution is -0.144. The van der Waals surface area contributed by atoms with Gasteiger partial charge >= 0.3 is 5.97 Å². The molecule has 0 aliphatic heterocycles. The van der Waals surface area contributed by atoms with Crippen molar-refractivity contribution in [3.05, 3.63) is 0 Å². The summed E-state index contributed by atoms with van der Waals surface area (Å²) in [5.41, 5.74) is 0. The fraction of sp³-hybridized carbons (Fsp3) is 0.933. The summed E-state index contributed by atoms with van der Waals surface area (Å²) in [6, 6.07) is 0. The van der Waals surface area contributed by atoms with E-state index in [1.807, 2.05) is 0 Å². The Balaban J connectivity index is 3.08. The normalized spacial score (nSPS) is 10.6. The predicted octanol–water partition coefficient (Wildman–Crippen LogP) is 3.83. The molecule has 0 radical (unpaired) electrons. The van der Waals surface area contributed by atoms with Gasteiger partial charge in [-0.25, -0.2) is 0 Å². The number of carbonyl (C=O) groups is 1. The molecule has 0 aromatic carbocycles. The first-order valence-electron chi connectivity index (χ1n) is 7.57. The molecule has 0 rings (SSSR count). The second-order valence-electron chi connectivity index (χ2n) is 4.88. The van der Waals surface area contributed by atoms with E-state index in [0.717, 1.165) is 12.8 Å². The molecule has 0 fully saturated rings. The standard InChI is InChI=1S/C15H30O3/c1-2-3-4-5-6-7-8-9-10-12-15(17)18-14-11-13-16/h16H,2-14H2,1H3. The minimum Gasteiger partial charge on any atom is -0.466 e. The average molecular weight is 258 g/mol. The number of esters is 1. The zero-order valence-corrected chi connectivity index (χ0v) is 12.0. The van der Waals surface area contributed by atoms with Crippen LogP contribution in [-0.2, 0) is 9.53 Å². The zero-order chi connectivity index (χ0) is 13.5. The lowest BCUT2D eigenvalue weighted by atomic mass is 10.1. The highest BCUT2D eigenvalue weighted by molar-refractivity contribution is 5.69. The topological polar surface area (TPSA) is 46.5 Å². The fourth-order valence-electron chi connectivity index (χ4n) is 1.90. The van der Waals surface area contributed by atoms with Crippen LogP contribution in [0.2, 0.25) is 0 Å². The van der Waals surface area contributed by atoms with E-state index in [4.69, 9.17) is 9.84 Å². The van der Waals surface area contributed by atoms with Crippen molar-refractivity contribution in [2.24, 2.45) is 0 Å². The van der Waals surface area contributed by atoms with Crippen LogP contribution in [-0.4, -0.2) is 24.3 Å². The summed E-state index contributed by atoms with van der Waals surface area (Å²) < 4.78 is 4.96. The van der Waals surface area contributed by atoms with Gasteiger partial charge < -0.3 is 9.84 Å². The molecule has 0 amide bonds. The van der Waals surface area contributed by atoms with Gasteiger partial charge in [-0.15, -0.1) is 0 Å². The number of hydrogen-bond donors (Lipinski definition) is 1. The lowest BCUT2D eigenvalue weighted by Gasteiger charge is -2.04. The Kier molecular flexibility index (Phi) is 14.0. The van der Waals surface area contributed by atoms with Gasteiger partial charge in [-0.2, -0.15) is 0 Å². The summed E-state index contributed by atoms with van der Waals surface area (Å²) in [6.07, 6.45) is 12.4. The van der Waals surface area contributed by atoms with Crippen molar-refractivity contribution < 1.29 is 14.6 Å². The number of aliphatic hydroxyl groups excluding tert-OH is 1. The molecule has 0 saturated carbocycles. The molecule has 0 heterocycles. The van der Waals surface area contributed by atoms with Crippen LogP contribution in [0.3, 0.4) is 0 Å². The lowest BCUT2D eigenvalue weighted by Crippen LogP contribution is -2.06. The maximum absolute atomic E-state index is 11.2. The second-order valence-corrected chi connectivity index (χ2v) is 4.88. The van der Waals surface area contributed by atoms with Crippen molar-refractivity contribution in [1.29, 1.82) is 0 Å². The molecule has 0 atom stereocenters. The van der Waals surface area contributed by atoms with Crippen LogP contribution in [0.25, 0.3) is 0 Å². The molecule has 18 heavy (non-hydrogen) atoms. The molecule has 1 N–H and O–H groups in total. The Hall–Kier alpha value is -0.570. The molecule has 0 unspecified atom stereocenters. The average Bonchev–Trinajstić information content (AvgIpc) is 2.37. The Morgan fingerprint density at radius 2 is 1.44 bits per heavy atom. The quantitative estimate of drug-likeness (QED) is 0.403. The van der Waals surface area contributed by atoms with Gasteiger partial charge in [-0.1, -0.05) is 58.3 Å². The van der Waals surface area contributed by atoms with E-state index >= 15 is 0 Å². The van der Waals surface area contributed by atoms with Crippen LogP contribution < -0.4 is 0 Å². The number of unbranched alkanes of at least 4 members (excludes halogenated alkanes) is 8. The molecular weight excluding hydrogens is 228 g/mol.